The van der Waals surface area contributed by atoms with Gasteiger partial charge in [-0.1, -0.05) is 47.5 Å². The average molecular weight is 398 g/mol. The summed E-state index contributed by atoms with van der Waals surface area (Å²) in [7, 11) is -3.69. The molecule has 0 spiro atoms. The maximum atomic E-state index is 12.2. The van der Waals surface area contributed by atoms with Crippen LogP contribution in [0.1, 0.15) is 16.1 Å². The van der Waals surface area contributed by atoms with Crippen molar-refractivity contribution in [1.82, 2.24) is 14.5 Å². The van der Waals surface area contributed by atoms with E-state index in [0.717, 1.165) is 11.8 Å². The lowest BCUT2D eigenvalue weighted by molar-refractivity contribution is 0.0977. The largest absolute Gasteiger partial charge is 0.285 e. The van der Waals surface area contributed by atoms with Crippen LogP contribution in [0.3, 0.4) is 0 Å². The molecule has 0 atom stereocenters. The fourth-order valence-electron chi connectivity index (χ4n) is 2.44. The van der Waals surface area contributed by atoms with Crippen LogP contribution in [0, 0.1) is 0 Å². The van der Waals surface area contributed by atoms with Crippen molar-refractivity contribution in [2.24, 2.45) is 0 Å². The Hall–Kier alpha value is -2.09. The van der Waals surface area contributed by atoms with Crippen LogP contribution in [-0.4, -0.2) is 30.4 Å². The molecule has 2 aromatic carbocycles. The van der Waals surface area contributed by atoms with Crippen LogP contribution in [0.5, 0.6) is 0 Å². The second kappa shape index (κ2) is 6.67. The van der Waals surface area contributed by atoms with E-state index < -0.39 is 15.9 Å². The normalized spacial score (nSPS) is 11.6. The van der Waals surface area contributed by atoms with Crippen molar-refractivity contribution in [3.05, 3.63) is 63.8 Å². The molecule has 1 amide bonds. The van der Waals surface area contributed by atoms with Crippen LogP contribution in [0.15, 0.2) is 42.5 Å². The topological polar surface area (TPSA) is 81.1 Å². The van der Waals surface area contributed by atoms with E-state index in [1.54, 1.807) is 41.1 Å². The number of benzene rings is 2. The lowest BCUT2D eigenvalue weighted by atomic mass is 10.2. The van der Waals surface area contributed by atoms with Gasteiger partial charge in [0.05, 0.1) is 18.3 Å². The molecule has 130 valence electrons. The van der Waals surface area contributed by atoms with E-state index in [-0.39, 0.29) is 5.69 Å². The van der Waals surface area contributed by atoms with E-state index in [4.69, 9.17) is 23.2 Å². The van der Waals surface area contributed by atoms with Gasteiger partial charge in [-0.2, -0.15) is 5.10 Å². The van der Waals surface area contributed by atoms with Gasteiger partial charge in [-0.15, -0.1) is 0 Å². The number of fused-ring (bicyclic) bond motifs is 1. The molecule has 0 saturated heterocycles. The van der Waals surface area contributed by atoms with Crippen molar-refractivity contribution >= 4 is 50.0 Å². The molecule has 0 aliphatic heterocycles. The summed E-state index contributed by atoms with van der Waals surface area (Å²) in [6, 6.07) is 12.2. The second-order valence-corrected chi connectivity index (χ2v) is 8.05. The summed E-state index contributed by atoms with van der Waals surface area (Å²) in [5.74, 6) is -0.778. The number of amides is 1. The van der Waals surface area contributed by atoms with Crippen molar-refractivity contribution in [1.29, 1.82) is 0 Å². The molecule has 0 fully saturated rings. The fraction of sp³-hybridized carbons (Fsp3) is 0.125. The van der Waals surface area contributed by atoms with Gasteiger partial charge in [0.1, 0.15) is 0 Å². The van der Waals surface area contributed by atoms with Crippen LogP contribution in [0.25, 0.3) is 10.9 Å². The number of nitrogens with one attached hydrogen (secondary N) is 1. The summed E-state index contributed by atoms with van der Waals surface area (Å²) in [6.07, 6.45) is 0.914. The van der Waals surface area contributed by atoms with E-state index in [1.807, 2.05) is 10.8 Å². The van der Waals surface area contributed by atoms with Crippen LogP contribution in [-0.2, 0) is 16.6 Å². The van der Waals surface area contributed by atoms with Crippen LogP contribution >= 0.6 is 23.2 Å². The highest BCUT2D eigenvalue weighted by molar-refractivity contribution is 7.89. The molecule has 3 aromatic rings. The molecular formula is C16H13Cl2N3O3S. The van der Waals surface area contributed by atoms with E-state index in [2.05, 4.69) is 5.10 Å². The first-order valence-electron chi connectivity index (χ1n) is 7.16. The van der Waals surface area contributed by atoms with Crippen molar-refractivity contribution < 1.29 is 13.2 Å². The summed E-state index contributed by atoms with van der Waals surface area (Å²) in [5.41, 5.74) is 1.49. The average Bonchev–Trinajstić information content (AvgIpc) is 2.87. The Morgan fingerprint density at radius 1 is 1.20 bits per heavy atom. The predicted molar refractivity (Wildman–Crippen MR) is 97.6 cm³/mol. The zero-order valence-electron chi connectivity index (χ0n) is 13.0. The third-order valence-corrected chi connectivity index (χ3v) is 4.63. The van der Waals surface area contributed by atoms with Gasteiger partial charge in [0.2, 0.25) is 10.0 Å². The Morgan fingerprint density at radius 3 is 2.60 bits per heavy atom. The number of nitrogens with zero attached hydrogens (tertiary/aromatic N) is 2. The predicted octanol–water partition coefficient (Wildman–Crippen LogP) is 3.08. The highest BCUT2D eigenvalue weighted by atomic mass is 35.5. The maximum absolute atomic E-state index is 12.2. The first kappa shape index (κ1) is 17.7. The summed E-state index contributed by atoms with van der Waals surface area (Å²) in [5, 5.41) is 5.83. The number of sulfonamides is 1. The number of rotatable bonds is 4. The van der Waals surface area contributed by atoms with Crippen molar-refractivity contribution in [2.75, 3.05) is 6.26 Å². The number of carbonyl (C=O) groups excluding carboxylic acids is 1. The Balaban J connectivity index is 2.06. The Bertz CT molecular complexity index is 1080. The third-order valence-electron chi connectivity index (χ3n) is 3.49. The summed E-state index contributed by atoms with van der Waals surface area (Å²) < 4.78 is 26.2. The quantitative estimate of drug-likeness (QED) is 0.733. The fourth-order valence-corrected chi connectivity index (χ4v) is 3.35. The third kappa shape index (κ3) is 3.95. The molecule has 0 aliphatic carbocycles. The Labute approximate surface area is 154 Å². The summed E-state index contributed by atoms with van der Waals surface area (Å²) in [6.45, 7) is 0.308. The number of hydrogen-bond donors (Lipinski definition) is 1. The molecule has 3 rings (SSSR count). The maximum Gasteiger partial charge on any atom is 0.285 e. The molecule has 0 radical (unpaired) electrons. The molecule has 6 nitrogen and oxygen atoms in total. The van der Waals surface area contributed by atoms with Gasteiger partial charge in [0.25, 0.3) is 5.91 Å². The van der Waals surface area contributed by atoms with Crippen molar-refractivity contribution in [3.8, 4) is 0 Å². The van der Waals surface area contributed by atoms with E-state index in [1.165, 1.54) is 0 Å². The summed E-state index contributed by atoms with van der Waals surface area (Å²) in [4.78, 5) is 12.2. The molecule has 0 saturated carbocycles. The SMILES string of the molecule is CS(=O)(=O)NC(=O)c1nn(Cc2ccc(Cl)cc2Cl)c2ccccc12. The van der Waals surface area contributed by atoms with Gasteiger partial charge in [0, 0.05) is 15.4 Å². The van der Waals surface area contributed by atoms with Gasteiger partial charge < -0.3 is 0 Å². The lowest BCUT2D eigenvalue weighted by Crippen LogP contribution is -2.29. The number of aromatic nitrogens is 2. The highest BCUT2D eigenvalue weighted by Gasteiger charge is 2.20. The van der Waals surface area contributed by atoms with Gasteiger partial charge in [0.15, 0.2) is 5.69 Å². The van der Waals surface area contributed by atoms with Crippen LogP contribution in [0.4, 0.5) is 0 Å². The minimum Gasteiger partial charge on any atom is -0.266 e. The Kier molecular flexibility index (Phi) is 4.73. The van der Waals surface area contributed by atoms with Crippen LogP contribution in [0.2, 0.25) is 10.0 Å². The molecule has 0 aliphatic rings. The highest BCUT2D eigenvalue weighted by Crippen LogP contribution is 2.24. The molecule has 1 N–H and O–H groups in total. The van der Waals surface area contributed by atoms with E-state index in [0.29, 0.717) is 27.5 Å². The minimum absolute atomic E-state index is 0.0334. The zero-order chi connectivity index (χ0) is 18.2. The number of carbonyl (C=O) groups is 1. The van der Waals surface area contributed by atoms with Gasteiger partial charge in [-0.05, 0) is 23.8 Å². The standard InChI is InChI=1S/C16H13Cl2N3O3S/c1-25(23,24)20-16(22)15-12-4-2-3-5-14(12)21(19-15)9-10-6-7-11(17)8-13(10)18/h2-8H,9H2,1H3,(H,20,22). The molecule has 0 unspecified atom stereocenters. The molecule has 25 heavy (non-hydrogen) atoms. The van der Waals surface area contributed by atoms with Gasteiger partial charge in [-0.3, -0.25) is 9.48 Å². The monoisotopic (exact) mass is 397 g/mol. The summed E-state index contributed by atoms with van der Waals surface area (Å²) >= 11 is 12.1. The lowest BCUT2D eigenvalue weighted by Gasteiger charge is -2.06. The molecule has 1 aromatic heterocycles. The van der Waals surface area contributed by atoms with E-state index >= 15 is 0 Å². The van der Waals surface area contributed by atoms with Crippen molar-refractivity contribution in [2.45, 2.75) is 6.54 Å². The molecule has 0 bridgehead atoms. The number of hydrogen-bond acceptors (Lipinski definition) is 4. The molecule has 9 heteroatoms. The number of para-hydroxylation sites is 1. The van der Waals surface area contributed by atoms with Crippen molar-refractivity contribution in [3.63, 3.8) is 0 Å². The second-order valence-electron chi connectivity index (χ2n) is 5.46. The Morgan fingerprint density at radius 2 is 1.92 bits per heavy atom. The minimum atomic E-state index is -3.69. The molecule has 1 heterocycles. The van der Waals surface area contributed by atoms with Gasteiger partial charge in [-0.25, -0.2) is 13.1 Å². The van der Waals surface area contributed by atoms with E-state index in [9.17, 15) is 13.2 Å². The zero-order valence-corrected chi connectivity index (χ0v) is 15.4. The van der Waals surface area contributed by atoms with Gasteiger partial charge >= 0.3 is 0 Å². The smallest absolute Gasteiger partial charge is 0.266 e. The molecular weight excluding hydrogens is 385 g/mol. The van der Waals surface area contributed by atoms with Crippen LogP contribution < -0.4 is 4.72 Å². The first-order chi connectivity index (χ1) is 11.7. The number of halogens is 2. The first-order valence-corrected chi connectivity index (χ1v) is 9.81.